The molecular formula is C22H21N5O2. The molecule has 3 aromatic rings. The predicted octanol–water partition coefficient (Wildman–Crippen LogP) is 3.18. The normalized spacial score (nSPS) is 14.5. The maximum absolute atomic E-state index is 9.89. The van der Waals surface area contributed by atoms with Gasteiger partial charge in [-0.3, -0.25) is 4.57 Å². The van der Waals surface area contributed by atoms with Crippen molar-refractivity contribution in [3.05, 3.63) is 66.0 Å². The number of rotatable bonds is 5. The van der Waals surface area contributed by atoms with Gasteiger partial charge >= 0.3 is 0 Å². The highest BCUT2D eigenvalue weighted by Gasteiger charge is 2.23. The fourth-order valence-corrected chi connectivity index (χ4v) is 3.28. The zero-order valence-corrected chi connectivity index (χ0v) is 16.2. The molecule has 2 aromatic carbocycles. The van der Waals surface area contributed by atoms with E-state index in [1.807, 2.05) is 59.2 Å². The lowest BCUT2D eigenvalue weighted by Gasteiger charge is -2.28. The van der Waals surface area contributed by atoms with E-state index in [4.69, 9.17) is 9.47 Å². The van der Waals surface area contributed by atoms with Crippen molar-refractivity contribution in [2.24, 2.45) is 0 Å². The van der Waals surface area contributed by atoms with Gasteiger partial charge in [0.1, 0.15) is 11.8 Å². The van der Waals surface area contributed by atoms with Crippen molar-refractivity contribution in [2.45, 2.75) is 0 Å². The van der Waals surface area contributed by atoms with E-state index < -0.39 is 0 Å². The Bertz CT molecular complexity index is 1050. The maximum atomic E-state index is 9.89. The van der Waals surface area contributed by atoms with Gasteiger partial charge in [0.15, 0.2) is 5.82 Å². The number of ether oxygens (including phenoxy) is 2. The second-order valence-corrected chi connectivity index (χ2v) is 6.54. The van der Waals surface area contributed by atoms with Crippen molar-refractivity contribution in [1.82, 2.24) is 14.8 Å². The SMILES string of the molecule is COc1cccc(/C=C(\C#N)c2nnc(N3CCOCC3)n2-c2ccccc2)c1. The highest BCUT2D eigenvalue weighted by molar-refractivity contribution is 5.88. The number of nitrogens with zero attached hydrogens (tertiary/aromatic N) is 5. The van der Waals surface area contributed by atoms with Gasteiger partial charge < -0.3 is 14.4 Å². The number of hydrogen-bond donors (Lipinski definition) is 0. The molecule has 0 amide bonds. The molecule has 0 spiro atoms. The smallest absolute Gasteiger partial charge is 0.232 e. The minimum Gasteiger partial charge on any atom is -0.497 e. The van der Waals surface area contributed by atoms with Crippen molar-refractivity contribution in [3.63, 3.8) is 0 Å². The quantitative estimate of drug-likeness (QED) is 0.626. The van der Waals surface area contributed by atoms with Crippen molar-refractivity contribution in [3.8, 4) is 17.5 Å². The van der Waals surface area contributed by atoms with Crippen molar-refractivity contribution in [1.29, 1.82) is 5.26 Å². The van der Waals surface area contributed by atoms with Gasteiger partial charge in [-0.2, -0.15) is 5.26 Å². The van der Waals surface area contributed by atoms with E-state index in [1.54, 1.807) is 13.2 Å². The average Bonchev–Trinajstić information content (AvgIpc) is 3.24. The molecule has 1 fully saturated rings. The molecule has 29 heavy (non-hydrogen) atoms. The zero-order chi connectivity index (χ0) is 20.1. The number of benzene rings is 2. The first-order chi connectivity index (χ1) is 14.3. The molecule has 0 unspecified atom stereocenters. The Labute approximate surface area is 169 Å². The first-order valence-corrected chi connectivity index (χ1v) is 9.40. The van der Waals surface area contributed by atoms with Crippen LogP contribution < -0.4 is 9.64 Å². The molecule has 2 heterocycles. The summed E-state index contributed by atoms with van der Waals surface area (Å²) in [5, 5.41) is 18.7. The van der Waals surface area contributed by atoms with Gasteiger partial charge in [-0.05, 0) is 35.9 Å². The number of hydrogen-bond acceptors (Lipinski definition) is 6. The largest absolute Gasteiger partial charge is 0.497 e. The van der Waals surface area contributed by atoms with Gasteiger partial charge in [-0.25, -0.2) is 0 Å². The number of methoxy groups -OCH3 is 1. The molecule has 7 nitrogen and oxygen atoms in total. The van der Waals surface area contributed by atoms with Crippen LogP contribution in [0.1, 0.15) is 11.4 Å². The van der Waals surface area contributed by atoms with Crippen molar-refractivity contribution in [2.75, 3.05) is 38.3 Å². The van der Waals surface area contributed by atoms with E-state index in [0.29, 0.717) is 30.6 Å². The van der Waals surface area contributed by atoms with Gasteiger partial charge in [0.05, 0.1) is 31.6 Å². The third-order valence-electron chi connectivity index (χ3n) is 4.72. The highest BCUT2D eigenvalue weighted by atomic mass is 16.5. The second kappa shape index (κ2) is 8.59. The van der Waals surface area contributed by atoms with Crippen LogP contribution >= 0.6 is 0 Å². The van der Waals surface area contributed by atoms with E-state index in [1.165, 1.54) is 0 Å². The molecular weight excluding hydrogens is 366 g/mol. The van der Waals surface area contributed by atoms with Crippen molar-refractivity contribution >= 4 is 17.6 Å². The average molecular weight is 387 g/mol. The molecule has 0 radical (unpaired) electrons. The molecule has 146 valence electrons. The first-order valence-electron chi connectivity index (χ1n) is 9.40. The summed E-state index contributed by atoms with van der Waals surface area (Å²) < 4.78 is 12.7. The lowest BCUT2D eigenvalue weighted by Crippen LogP contribution is -2.38. The van der Waals surface area contributed by atoms with Crippen LogP contribution in [0, 0.1) is 11.3 Å². The van der Waals surface area contributed by atoms with E-state index in [0.717, 1.165) is 30.1 Å². The second-order valence-electron chi connectivity index (χ2n) is 6.54. The number of allylic oxidation sites excluding steroid dienone is 1. The first kappa shape index (κ1) is 18.7. The number of anilines is 1. The van der Waals surface area contributed by atoms with Crippen LogP contribution in [-0.2, 0) is 4.74 Å². The Morgan fingerprint density at radius 2 is 1.90 bits per heavy atom. The molecule has 7 heteroatoms. The molecule has 1 saturated heterocycles. The summed E-state index contributed by atoms with van der Waals surface area (Å²) in [6, 6.07) is 19.7. The van der Waals surface area contributed by atoms with Crippen molar-refractivity contribution < 1.29 is 9.47 Å². The molecule has 1 aliphatic rings. The summed E-state index contributed by atoms with van der Waals surface area (Å²) in [7, 11) is 1.62. The summed E-state index contributed by atoms with van der Waals surface area (Å²) in [4.78, 5) is 2.13. The van der Waals surface area contributed by atoms with Crippen LogP contribution in [0.2, 0.25) is 0 Å². The summed E-state index contributed by atoms with van der Waals surface area (Å²) in [6.45, 7) is 2.74. The van der Waals surface area contributed by atoms with Gasteiger partial charge in [0.25, 0.3) is 0 Å². The molecule has 1 aliphatic heterocycles. The minimum absolute atomic E-state index is 0.425. The van der Waals surface area contributed by atoms with Gasteiger partial charge in [0, 0.05) is 13.1 Å². The lowest BCUT2D eigenvalue weighted by molar-refractivity contribution is 0.122. The van der Waals surface area contributed by atoms with Crippen LogP contribution in [0.4, 0.5) is 5.95 Å². The Balaban J connectivity index is 1.82. The van der Waals surface area contributed by atoms with Gasteiger partial charge in [-0.1, -0.05) is 30.3 Å². The zero-order valence-electron chi connectivity index (χ0n) is 16.2. The number of nitriles is 1. The molecule has 4 rings (SSSR count). The third kappa shape index (κ3) is 3.98. The monoisotopic (exact) mass is 387 g/mol. The van der Waals surface area contributed by atoms with Crippen LogP contribution in [0.5, 0.6) is 5.75 Å². The summed E-state index contributed by atoms with van der Waals surface area (Å²) in [5.41, 5.74) is 2.19. The Morgan fingerprint density at radius 1 is 1.10 bits per heavy atom. The number of para-hydroxylation sites is 1. The van der Waals surface area contributed by atoms with Crippen LogP contribution in [0.25, 0.3) is 17.3 Å². The van der Waals surface area contributed by atoms with Gasteiger partial charge in [0.2, 0.25) is 5.95 Å². The van der Waals surface area contributed by atoms with E-state index in [-0.39, 0.29) is 0 Å². The molecule has 0 aliphatic carbocycles. The van der Waals surface area contributed by atoms with Crippen LogP contribution in [0.15, 0.2) is 54.6 Å². The number of aromatic nitrogens is 3. The molecule has 0 bridgehead atoms. The van der Waals surface area contributed by atoms with Crippen LogP contribution in [0.3, 0.4) is 0 Å². The predicted molar refractivity (Wildman–Crippen MR) is 111 cm³/mol. The van der Waals surface area contributed by atoms with E-state index in [9.17, 15) is 5.26 Å². The summed E-state index contributed by atoms with van der Waals surface area (Å²) >= 11 is 0. The maximum Gasteiger partial charge on any atom is 0.232 e. The molecule has 0 atom stereocenters. The molecule has 1 aromatic heterocycles. The molecule has 0 saturated carbocycles. The topological polar surface area (TPSA) is 76.2 Å². The van der Waals surface area contributed by atoms with E-state index >= 15 is 0 Å². The summed E-state index contributed by atoms with van der Waals surface area (Å²) in [6.07, 6.45) is 1.80. The minimum atomic E-state index is 0.425. The highest BCUT2D eigenvalue weighted by Crippen LogP contribution is 2.27. The Hall–Kier alpha value is -3.63. The number of morpholine rings is 1. The standard InChI is InChI=1S/C22H21N5O2/c1-28-20-9-5-6-17(15-20)14-18(16-23)21-24-25-22(26-10-12-29-13-11-26)27(21)19-7-3-2-4-8-19/h2-9,14-15H,10-13H2,1H3/b18-14+. The Morgan fingerprint density at radius 3 is 2.62 bits per heavy atom. The Kier molecular flexibility index (Phi) is 5.54. The summed E-state index contributed by atoms with van der Waals surface area (Å²) in [5.74, 6) is 1.94. The van der Waals surface area contributed by atoms with E-state index in [2.05, 4.69) is 21.2 Å². The fourth-order valence-electron chi connectivity index (χ4n) is 3.28. The lowest BCUT2D eigenvalue weighted by atomic mass is 10.1. The van der Waals surface area contributed by atoms with Crippen LogP contribution in [-0.4, -0.2) is 48.2 Å². The third-order valence-corrected chi connectivity index (χ3v) is 4.72. The van der Waals surface area contributed by atoms with Gasteiger partial charge in [-0.15, -0.1) is 10.2 Å². The fraction of sp³-hybridized carbons (Fsp3) is 0.227. The molecule has 0 N–H and O–H groups in total.